The Balaban J connectivity index is 1.90. The third-order valence-corrected chi connectivity index (χ3v) is 7.40. The van der Waals surface area contributed by atoms with Gasteiger partial charge in [0.2, 0.25) is 0 Å². The van der Waals surface area contributed by atoms with E-state index in [1.807, 2.05) is 0 Å². The quantitative estimate of drug-likeness (QED) is 0.627. The molecule has 1 heteroatoms. The maximum absolute atomic E-state index is 2.51. The molecule has 0 nitrogen and oxygen atoms in total. The van der Waals surface area contributed by atoms with Crippen molar-refractivity contribution in [2.45, 2.75) is 58.5 Å². The maximum atomic E-state index is 2.51. The van der Waals surface area contributed by atoms with E-state index in [-0.39, 0.29) is 8.80 Å². The molecule has 3 saturated carbocycles. The molecule has 3 fully saturated rings. The maximum Gasteiger partial charge on any atom is 0.0693 e. The van der Waals surface area contributed by atoms with Crippen molar-refractivity contribution in [3.05, 3.63) is 41.1 Å². The van der Waals surface area contributed by atoms with E-state index in [0.29, 0.717) is 10.8 Å². The van der Waals surface area contributed by atoms with E-state index in [4.69, 9.17) is 0 Å². The fourth-order valence-electron chi connectivity index (χ4n) is 5.07. The molecular formula is C20H29Si. The molecule has 3 aliphatic carbocycles. The Morgan fingerprint density at radius 1 is 1.10 bits per heavy atom. The van der Waals surface area contributed by atoms with Gasteiger partial charge in [0.05, 0.1) is 8.80 Å². The van der Waals surface area contributed by atoms with Crippen molar-refractivity contribution in [3.8, 4) is 0 Å². The molecule has 21 heavy (non-hydrogen) atoms. The lowest BCUT2D eigenvalue weighted by atomic mass is 9.35. The van der Waals surface area contributed by atoms with Crippen LogP contribution >= 0.6 is 0 Å². The van der Waals surface area contributed by atoms with Crippen molar-refractivity contribution in [2.24, 2.45) is 17.3 Å². The number of rotatable bonds is 3. The SMILES string of the molecule is CC1CCC2CC1(c1ccc(C=C[Si](C)C)cc1)C2(C)C. The Morgan fingerprint density at radius 2 is 1.76 bits per heavy atom. The van der Waals surface area contributed by atoms with Crippen LogP contribution in [0.15, 0.2) is 30.0 Å². The minimum atomic E-state index is -0.274. The normalized spacial score (nSPS) is 34.2. The first kappa shape index (κ1) is 15.1. The van der Waals surface area contributed by atoms with E-state index in [1.165, 1.54) is 24.8 Å². The monoisotopic (exact) mass is 297 g/mol. The number of hydrogen-bond donors (Lipinski definition) is 0. The number of benzene rings is 1. The highest BCUT2D eigenvalue weighted by Crippen LogP contribution is 2.70. The molecule has 1 radical (unpaired) electrons. The van der Waals surface area contributed by atoms with Gasteiger partial charge in [-0.3, -0.25) is 0 Å². The standard InChI is InChI=1S/C20H29Si/c1-15-6-9-18-14-20(15,19(18,2)3)17-10-7-16(8-11-17)12-13-21(4)5/h7-8,10-13,15,18H,6,9,14H2,1-5H3. The molecule has 3 unspecified atom stereocenters. The molecule has 2 bridgehead atoms. The molecule has 0 saturated heterocycles. The van der Waals surface area contributed by atoms with Gasteiger partial charge in [-0.05, 0) is 47.6 Å². The molecule has 0 amide bonds. The average molecular weight is 298 g/mol. The summed E-state index contributed by atoms with van der Waals surface area (Å²) in [5.41, 5.74) is 6.24. The topological polar surface area (TPSA) is 0 Å². The zero-order chi connectivity index (χ0) is 15.3. The van der Waals surface area contributed by atoms with Gasteiger partial charge in [0.15, 0.2) is 0 Å². The molecule has 3 aliphatic rings. The van der Waals surface area contributed by atoms with Crippen LogP contribution in [0.1, 0.15) is 51.2 Å². The average Bonchev–Trinajstić information content (AvgIpc) is 2.45. The summed E-state index contributed by atoms with van der Waals surface area (Å²) >= 11 is 0. The first-order chi connectivity index (χ1) is 9.88. The first-order valence-corrected chi connectivity index (χ1v) is 11.0. The second kappa shape index (κ2) is 5.12. The van der Waals surface area contributed by atoms with E-state index < -0.39 is 0 Å². The van der Waals surface area contributed by atoms with Crippen molar-refractivity contribution in [2.75, 3.05) is 0 Å². The third-order valence-electron chi connectivity index (χ3n) is 6.56. The second-order valence-electron chi connectivity index (χ2n) is 8.11. The highest BCUT2D eigenvalue weighted by molar-refractivity contribution is 6.62. The molecule has 1 aromatic carbocycles. The Labute approximate surface area is 132 Å². The third kappa shape index (κ3) is 2.16. The van der Waals surface area contributed by atoms with Gasteiger partial charge in [-0.25, -0.2) is 0 Å². The predicted octanol–water partition coefficient (Wildman–Crippen LogP) is 5.71. The Bertz CT molecular complexity index is 537. The molecule has 0 aromatic heterocycles. The molecule has 4 rings (SSSR count). The lowest BCUT2D eigenvalue weighted by Crippen LogP contribution is -2.64. The summed E-state index contributed by atoms with van der Waals surface area (Å²) in [5, 5.41) is 0. The Kier molecular flexibility index (Phi) is 3.68. The summed E-state index contributed by atoms with van der Waals surface area (Å²) in [5.74, 6) is 1.76. The minimum Gasteiger partial charge on any atom is -0.0961 e. The van der Waals surface area contributed by atoms with Crippen LogP contribution in [0.2, 0.25) is 13.1 Å². The summed E-state index contributed by atoms with van der Waals surface area (Å²) in [6.45, 7) is 12.2. The molecule has 113 valence electrons. The predicted molar refractivity (Wildman–Crippen MR) is 94.9 cm³/mol. The minimum absolute atomic E-state index is 0.274. The van der Waals surface area contributed by atoms with Crippen LogP contribution in [0, 0.1) is 17.3 Å². The van der Waals surface area contributed by atoms with Crippen LogP contribution in [0.25, 0.3) is 6.08 Å². The van der Waals surface area contributed by atoms with E-state index in [0.717, 1.165) is 11.8 Å². The summed E-state index contributed by atoms with van der Waals surface area (Å²) in [6, 6.07) is 9.49. The van der Waals surface area contributed by atoms with Crippen molar-refractivity contribution in [1.29, 1.82) is 0 Å². The highest BCUT2D eigenvalue weighted by Gasteiger charge is 2.64. The van der Waals surface area contributed by atoms with Gasteiger partial charge in [-0.1, -0.05) is 69.9 Å². The number of fused-ring (bicyclic) bond motifs is 2. The summed E-state index contributed by atoms with van der Waals surface area (Å²) < 4.78 is 0. The van der Waals surface area contributed by atoms with E-state index >= 15 is 0 Å². The summed E-state index contributed by atoms with van der Waals surface area (Å²) in [4.78, 5) is 0. The van der Waals surface area contributed by atoms with Crippen LogP contribution in [0.4, 0.5) is 0 Å². The summed E-state index contributed by atoms with van der Waals surface area (Å²) in [6.07, 6.45) is 6.56. The zero-order valence-electron chi connectivity index (χ0n) is 14.2. The van der Waals surface area contributed by atoms with Gasteiger partial charge in [-0.2, -0.15) is 0 Å². The fourth-order valence-corrected chi connectivity index (χ4v) is 5.59. The van der Waals surface area contributed by atoms with Crippen LogP contribution in [0.5, 0.6) is 0 Å². The first-order valence-electron chi connectivity index (χ1n) is 8.47. The summed E-state index contributed by atoms with van der Waals surface area (Å²) in [7, 11) is -0.274. The smallest absolute Gasteiger partial charge is 0.0693 e. The van der Waals surface area contributed by atoms with E-state index in [1.54, 1.807) is 5.56 Å². The van der Waals surface area contributed by atoms with Crippen LogP contribution in [0.3, 0.4) is 0 Å². The second-order valence-corrected chi connectivity index (χ2v) is 10.6. The zero-order valence-corrected chi connectivity index (χ0v) is 15.2. The molecule has 0 spiro atoms. The van der Waals surface area contributed by atoms with E-state index in [2.05, 4.69) is 69.9 Å². The van der Waals surface area contributed by atoms with Crippen LogP contribution in [-0.4, -0.2) is 8.80 Å². The fraction of sp³-hybridized carbons (Fsp3) is 0.600. The highest BCUT2D eigenvalue weighted by atomic mass is 28.3. The lowest BCUT2D eigenvalue weighted by Gasteiger charge is -2.69. The van der Waals surface area contributed by atoms with Gasteiger partial charge in [0.25, 0.3) is 0 Å². The van der Waals surface area contributed by atoms with Gasteiger partial charge >= 0.3 is 0 Å². The van der Waals surface area contributed by atoms with Crippen molar-refractivity contribution in [3.63, 3.8) is 0 Å². The lowest BCUT2D eigenvalue weighted by molar-refractivity contribution is -0.133. The van der Waals surface area contributed by atoms with Crippen molar-refractivity contribution >= 4 is 14.9 Å². The van der Waals surface area contributed by atoms with Crippen molar-refractivity contribution in [1.82, 2.24) is 0 Å². The largest absolute Gasteiger partial charge is 0.0961 e. The molecule has 3 atom stereocenters. The molecule has 0 aliphatic heterocycles. The van der Waals surface area contributed by atoms with Gasteiger partial charge < -0.3 is 0 Å². The molecule has 0 N–H and O–H groups in total. The van der Waals surface area contributed by atoms with Crippen LogP contribution < -0.4 is 0 Å². The van der Waals surface area contributed by atoms with Gasteiger partial charge in [0.1, 0.15) is 0 Å². The molecular weight excluding hydrogens is 268 g/mol. The Hall–Kier alpha value is -0.823. The van der Waals surface area contributed by atoms with Crippen molar-refractivity contribution < 1.29 is 0 Å². The van der Waals surface area contributed by atoms with Crippen LogP contribution in [-0.2, 0) is 5.41 Å². The van der Waals surface area contributed by atoms with Gasteiger partial charge in [0, 0.05) is 5.41 Å². The molecule has 0 heterocycles. The Morgan fingerprint density at radius 3 is 2.29 bits per heavy atom. The van der Waals surface area contributed by atoms with E-state index in [9.17, 15) is 0 Å². The van der Waals surface area contributed by atoms with Gasteiger partial charge in [-0.15, -0.1) is 0 Å². The number of hydrogen-bond acceptors (Lipinski definition) is 0. The molecule has 1 aromatic rings.